The number of nitrogens with zero attached hydrogens (tertiary/aromatic N) is 6. The van der Waals surface area contributed by atoms with Gasteiger partial charge in [-0.3, -0.25) is 4.79 Å². The molecule has 0 spiro atoms. The molecule has 8 nitrogen and oxygen atoms in total. The minimum atomic E-state index is -0.0626. The van der Waals surface area contributed by atoms with E-state index in [0.29, 0.717) is 18.9 Å². The van der Waals surface area contributed by atoms with E-state index in [0.717, 1.165) is 31.6 Å². The molecule has 1 saturated heterocycles. The van der Waals surface area contributed by atoms with Crippen LogP contribution in [0.5, 0.6) is 0 Å². The van der Waals surface area contributed by atoms with Crippen molar-refractivity contribution in [2.75, 3.05) is 24.5 Å². The third-order valence-corrected chi connectivity index (χ3v) is 6.54. The van der Waals surface area contributed by atoms with Crippen molar-refractivity contribution in [3.63, 3.8) is 0 Å². The fourth-order valence-corrected chi connectivity index (χ4v) is 4.72. The Balaban J connectivity index is 1.18. The van der Waals surface area contributed by atoms with Gasteiger partial charge in [-0.15, -0.1) is 10.2 Å². The number of nitrogens with one attached hydrogen (secondary N) is 1. The number of hydrogen-bond acceptors (Lipinski definition) is 6. The molecular formula is C27H29N7O. The first-order chi connectivity index (χ1) is 17.3. The smallest absolute Gasteiger partial charge is 0.224 e. The number of aromatic nitrogens is 5. The van der Waals surface area contributed by atoms with Crippen LogP contribution in [-0.4, -0.2) is 50.5 Å². The normalized spacial score (nSPS) is 15.8. The molecule has 1 fully saturated rings. The van der Waals surface area contributed by atoms with Crippen LogP contribution in [0.3, 0.4) is 0 Å². The summed E-state index contributed by atoms with van der Waals surface area (Å²) in [7, 11) is 0. The number of hydrogen-bond donors (Lipinski definition) is 1. The quantitative estimate of drug-likeness (QED) is 0.426. The average molecular weight is 468 g/mol. The highest BCUT2D eigenvalue weighted by molar-refractivity contribution is 5.79. The lowest BCUT2D eigenvalue weighted by Crippen LogP contribution is -2.43. The summed E-state index contributed by atoms with van der Waals surface area (Å²) in [6.45, 7) is 2.14. The van der Waals surface area contributed by atoms with Crippen molar-refractivity contribution in [1.82, 2.24) is 30.3 Å². The molecule has 1 aliphatic heterocycles. The highest BCUT2D eigenvalue weighted by atomic mass is 16.1. The summed E-state index contributed by atoms with van der Waals surface area (Å²) in [5.74, 6) is 1.69. The summed E-state index contributed by atoms with van der Waals surface area (Å²) in [4.78, 5) is 19.1. The molecule has 1 N–H and O–H groups in total. The molecule has 1 amide bonds. The van der Waals surface area contributed by atoms with Crippen molar-refractivity contribution in [3.05, 3.63) is 96.6 Å². The van der Waals surface area contributed by atoms with Gasteiger partial charge in [0.05, 0.1) is 5.92 Å². The summed E-state index contributed by atoms with van der Waals surface area (Å²) in [5, 5.41) is 15.9. The summed E-state index contributed by atoms with van der Waals surface area (Å²) in [6, 6.07) is 24.8. The fourth-order valence-electron chi connectivity index (χ4n) is 4.72. The molecule has 1 aliphatic rings. The molecule has 1 atom stereocenters. The molecule has 0 bridgehead atoms. The maximum atomic E-state index is 13.0. The maximum absolute atomic E-state index is 13.0. The summed E-state index contributed by atoms with van der Waals surface area (Å²) in [5.41, 5.74) is 2.54. The molecule has 0 saturated carbocycles. The standard InChI is InChI=1S/C27H29N7O/c35-27(29-16-15-24(21-8-3-1-4-9-21)22-10-5-2-6-11-22)23-12-7-17-33(18-23)25-13-14-26(32-31-25)34-20-28-19-30-34/h1-6,8-11,13-14,19-20,23-24H,7,12,15-18H2,(H,29,35). The highest BCUT2D eigenvalue weighted by Crippen LogP contribution is 2.27. The maximum Gasteiger partial charge on any atom is 0.224 e. The van der Waals surface area contributed by atoms with Gasteiger partial charge in [0.1, 0.15) is 12.7 Å². The van der Waals surface area contributed by atoms with E-state index in [1.54, 1.807) is 11.0 Å². The molecule has 2 aromatic carbocycles. The van der Waals surface area contributed by atoms with Crippen LogP contribution in [0.2, 0.25) is 0 Å². The number of carbonyl (C=O) groups excluding carboxylic acids is 1. The third-order valence-electron chi connectivity index (χ3n) is 6.54. The van der Waals surface area contributed by atoms with Crippen LogP contribution in [0, 0.1) is 5.92 Å². The van der Waals surface area contributed by atoms with Crippen LogP contribution < -0.4 is 10.2 Å². The van der Waals surface area contributed by atoms with Crippen molar-refractivity contribution >= 4 is 11.7 Å². The van der Waals surface area contributed by atoms with Crippen LogP contribution in [-0.2, 0) is 4.79 Å². The Labute approximate surface area is 205 Å². The van der Waals surface area contributed by atoms with Gasteiger partial charge >= 0.3 is 0 Å². The predicted octanol–water partition coefficient (Wildman–Crippen LogP) is 3.61. The number of piperidine rings is 1. The van der Waals surface area contributed by atoms with E-state index in [9.17, 15) is 4.79 Å². The van der Waals surface area contributed by atoms with Crippen molar-refractivity contribution in [3.8, 4) is 5.82 Å². The fraction of sp³-hybridized carbons (Fsp3) is 0.296. The van der Waals surface area contributed by atoms with Crippen molar-refractivity contribution in [2.24, 2.45) is 5.92 Å². The van der Waals surface area contributed by atoms with E-state index in [1.165, 1.54) is 17.5 Å². The Kier molecular flexibility index (Phi) is 7.07. The number of rotatable bonds is 8. The lowest BCUT2D eigenvalue weighted by molar-refractivity contribution is -0.125. The van der Waals surface area contributed by atoms with Gasteiger partial charge in [-0.1, -0.05) is 60.7 Å². The van der Waals surface area contributed by atoms with Gasteiger partial charge < -0.3 is 10.2 Å². The van der Waals surface area contributed by atoms with Crippen LogP contribution in [0.15, 0.2) is 85.5 Å². The zero-order chi connectivity index (χ0) is 23.9. The first-order valence-electron chi connectivity index (χ1n) is 12.1. The summed E-state index contributed by atoms with van der Waals surface area (Å²) < 4.78 is 1.57. The predicted molar refractivity (Wildman–Crippen MR) is 134 cm³/mol. The minimum Gasteiger partial charge on any atom is -0.356 e. The summed E-state index contributed by atoms with van der Waals surface area (Å²) >= 11 is 0. The number of carbonyl (C=O) groups is 1. The Hall–Kier alpha value is -4.07. The zero-order valence-corrected chi connectivity index (χ0v) is 19.6. The van der Waals surface area contributed by atoms with Gasteiger partial charge in [0.2, 0.25) is 5.91 Å². The van der Waals surface area contributed by atoms with E-state index in [1.807, 2.05) is 24.3 Å². The molecule has 8 heteroatoms. The van der Waals surface area contributed by atoms with Crippen molar-refractivity contribution in [1.29, 1.82) is 0 Å². The molecule has 2 aromatic heterocycles. The molecule has 5 rings (SSSR count). The first kappa shape index (κ1) is 22.7. The molecule has 1 unspecified atom stereocenters. The largest absolute Gasteiger partial charge is 0.356 e. The topological polar surface area (TPSA) is 88.8 Å². The lowest BCUT2D eigenvalue weighted by Gasteiger charge is -2.32. The van der Waals surface area contributed by atoms with Gasteiger partial charge in [-0.25, -0.2) is 9.67 Å². The molecule has 3 heterocycles. The van der Waals surface area contributed by atoms with Crippen LogP contribution in [0.1, 0.15) is 36.3 Å². The lowest BCUT2D eigenvalue weighted by atomic mass is 9.88. The third kappa shape index (κ3) is 5.54. The SMILES string of the molecule is O=C(NCCC(c1ccccc1)c1ccccc1)C1CCCN(c2ccc(-n3cncn3)nn2)C1. The second-order valence-corrected chi connectivity index (χ2v) is 8.83. The Bertz CT molecular complexity index is 1160. The van der Waals surface area contributed by atoms with Crippen molar-refractivity contribution in [2.45, 2.75) is 25.2 Å². The Morgan fingerprint density at radius 1 is 0.943 bits per heavy atom. The van der Waals surface area contributed by atoms with Gasteiger partial charge in [-0.2, -0.15) is 5.10 Å². The van der Waals surface area contributed by atoms with Crippen LogP contribution >= 0.6 is 0 Å². The number of amides is 1. The monoisotopic (exact) mass is 467 g/mol. The van der Waals surface area contributed by atoms with E-state index in [4.69, 9.17) is 0 Å². The van der Waals surface area contributed by atoms with E-state index in [2.05, 4.69) is 79.0 Å². The number of anilines is 1. The van der Waals surface area contributed by atoms with E-state index >= 15 is 0 Å². The van der Waals surface area contributed by atoms with E-state index < -0.39 is 0 Å². The first-order valence-corrected chi connectivity index (χ1v) is 12.1. The number of benzene rings is 2. The van der Waals surface area contributed by atoms with Gasteiger partial charge in [0, 0.05) is 25.6 Å². The Morgan fingerprint density at radius 2 is 1.63 bits per heavy atom. The average Bonchev–Trinajstić information content (AvgIpc) is 3.47. The molecule has 0 aliphatic carbocycles. The molecule has 4 aromatic rings. The second-order valence-electron chi connectivity index (χ2n) is 8.83. The van der Waals surface area contributed by atoms with Crippen molar-refractivity contribution < 1.29 is 4.79 Å². The summed E-state index contributed by atoms with van der Waals surface area (Å²) in [6.07, 6.45) is 5.73. The van der Waals surface area contributed by atoms with Crippen LogP contribution in [0.4, 0.5) is 5.82 Å². The van der Waals surface area contributed by atoms with Crippen LogP contribution in [0.25, 0.3) is 5.82 Å². The van der Waals surface area contributed by atoms with E-state index in [-0.39, 0.29) is 17.7 Å². The Morgan fingerprint density at radius 3 is 2.26 bits per heavy atom. The van der Waals surface area contributed by atoms with Gasteiger partial charge in [-0.05, 0) is 42.5 Å². The molecular weight excluding hydrogens is 438 g/mol. The minimum absolute atomic E-state index is 0.0626. The molecule has 0 radical (unpaired) electrons. The highest BCUT2D eigenvalue weighted by Gasteiger charge is 2.27. The van der Waals surface area contributed by atoms with Gasteiger partial charge in [0.15, 0.2) is 11.6 Å². The zero-order valence-electron chi connectivity index (χ0n) is 19.6. The second kappa shape index (κ2) is 10.9. The molecule has 178 valence electrons. The molecule has 35 heavy (non-hydrogen) atoms. The van der Waals surface area contributed by atoms with Gasteiger partial charge in [0.25, 0.3) is 0 Å².